The molecule has 1 amide bonds. The zero-order valence-electron chi connectivity index (χ0n) is 16.1. The zero-order chi connectivity index (χ0) is 18.5. The molecule has 142 valence electrons. The third-order valence-electron chi connectivity index (χ3n) is 5.55. The topological polar surface area (TPSA) is 46.6 Å². The number of carbonyl (C=O) groups is 2. The number of carbonyl (C=O) groups excluding carboxylic acids is 2. The van der Waals surface area contributed by atoms with Crippen molar-refractivity contribution in [3.8, 4) is 5.75 Å². The summed E-state index contributed by atoms with van der Waals surface area (Å²) in [5.74, 6) is 1.93. The van der Waals surface area contributed by atoms with Crippen molar-refractivity contribution in [2.24, 2.45) is 11.8 Å². The van der Waals surface area contributed by atoms with Crippen LogP contribution in [0.25, 0.3) is 0 Å². The van der Waals surface area contributed by atoms with Gasteiger partial charge in [0.25, 0.3) is 0 Å². The predicted molar refractivity (Wildman–Crippen MR) is 102 cm³/mol. The van der Waals surface area contributed by atoms with Gasteiger partial charge in [-0.3, -0.25) is 9.59 Å². The molecule has 0 bridgehead atoms. The minimum Gasteiger partial charge on any atom is -0.493 e. The Morgan fingerprint density at radius 1 is 1.15 bits per heavy atom. The van der Waals surface area contributed by atoms with Crippen LogP contribution in [0.5, 0.6) is 5.75 Å². The van der Waals surface area contributed by atoms with Crippen molar-refractivity contribution in [3.05, 3.63) is 29.8 Å². The second-order valence-electron chi connectivity index (χ2n) is 8.14. The fourth-order valence-corrected chi connectivity index (χ4v) is 4.18. The van der Waals surface area contributed by atoms with Crippen LogP contribution in [-0.4, -0.2) is 35.8 Å². The molecule has 0 N–H and O–H groups in total. The summed E-state index contributed by atoms with van der Waals surface area (Å²) in [5, 5.41) is 0. The van der Waals surface area contributed by atoms with Gasteiger partial charge in [0.15, 0.2) is 0 Å². The lowest BCUT2D eigenvalue weighted by Gasteiger charge is -2.33. The Labute approximate surface area is 156 Å². The summed E-state index contributed by atoms with van der Waals surface area (Å²) in [7, 11) is 0. The van der Waals surface area contributed by atoms with Crippen molar-refractivity contribution in [1.82, 2.24) is 4.90 Å². The van der Waals surface area contributed by atoms with Crippen LogP contribution in [0, 0.1) is 11.8 Å². The highest BCUT2D eigenvalue weighted by molar-refractivity contribution is 5.84. The third-order valence-corrected chi connectivity index (χ3v) is 5.55. The number of hydrogen-bond acceptors (Lipinski definition) is 3. The van der Waals surface area contributed by atoms with E-state index in [1.807, 2.05) is 29.2 Å². The summed E-state index contributed by atoms with van der Waals surface area (Å²) < 4.78 is 5.70. The monoisotopic (exact) mass is 357 g/mol. The third kappa shape index (κ3) is 4.66. The maximum atomic E-state index is 12.9. The van der Waals surface area contributed by atoms with Gasteiger partial charge in [-0.15, -0.1) is 0 Å². The molecule has 1 saturated heterocycles. The van der Waals surface area contributed by atoms with E-state index in [1.165, 1.54) is 0 Å². The molecular weight excluding hydrogens is 326 g/mol. The van der Waals surface area contributed by atoms with Crippen LogP contribution in [0.4, 0.5) is 0 Å². The number of rotatable bonds is 6. The Kier molecular flexibility index (Phi) is 6.33. The van der Waals surface area contributed by atoms with E-state index in [-0.39, 0.29) is 17.9 Å². The summed E-state index contributed by atoms with van der Waals surface area (Å²) in [6.45, 7) is 5.74. The van der Waals surface area contributed by atoms with E-state index in [2.05, 4.69) is 13.8 Å². The number of ketones is 1. The first kappa shape index (κ1) is 18.9. The van der Waals surface area contributed by atoms with Crippen LogP contribution in [0.2, 0.25) is 0 Å². The Morgan fingerprint density at radius 2 is 1.92 bits per heavy atom. The van der Waals surface area contributed by atoms with E-state index in [0.717, 1.165) is 50.0 Å². The van der Waals surface area contributed by atoms with Gasteiger partial charge < -0.3 is 9.64 Å². The van der Waals surface area contributed by atoms with Crippen LogP contribution in [0.1, 0.15) is 57.9 Å². The highest BCUT2D eigenvalue weighted by Crippen LogP contribution is 2.32. The molecular formula is C22H31NO3. The van der Waals surface area contributed by atoms with E-state index in [4.69, 9.17) is 4.74 Å². The lowest BCUT2D eigenvalue weighted by atomic mass is 9.81. The summed E-state index contributed by atoms with van der Waals surface area (Å²) in [4.78, 5) is 27.1. The number of hydrogen-bond donors (Lipinski definition) is 0. The maximum absolute atomic E-state index is 12.9. The average molecular weight is 357 g/mol. The van der Waals surface area contributed by atoms with Crippen molar-refractivity contribution in [2.75, 3.05) is 13.2 Å². The molecule has 0 unspecified atom stereocenters. The number of amides is 1. The Hall–Kier alpha value is -1.84. The number of nitrogens with zero attached hydrogens (tertiary/aromatic N) is 1. The van der Waals surface area contributed by atoms with Crippen LogP contribution in [-0.2, 0) is 16.0 Å². The first-order valence-corrected chi connectivity index (χ1v) is 10.1. The molecule has 4 heteroatoms. The molecule has 2 fully saturated rings. The molecule has 1 aliphatic heterocycles. The fourth-order valence-electron chi connectivity index (χ4n) is 4.18. The molecule has 26 heavy (non-hydrogen) atoms. The largest absolute Gasteiger partial charge is 0.493 e. The first-order chi connectivity index (χ1) is 12.5. The summed E-state index contributed by atoms with van der Waals surface area (Å²) >= 11 is 0. The Balaban J connectivity index is 1.59. The van der Waals surface area contributed by atoms with Crippen molar-refractivity contribution >= 4 is 11.7 Å². The normalized spacial score (nSPS) is 23.5. The smallest absolute Gasteiger partial charge is 0.227 e. The average Bonchev–Trinajstić information content (AvgIpc) is 3.11. The molecule has 1 aliphatic carbocycles. The van der Waals surface area contributed by atoms with Crippen LogP contribution < -0.4 is 4.74 Å². The first-order valence-electron chi connectivity index (χ1n) is 10.1. The number of Topliss-reactive ketones (excluding diaryl/α,β-unsaturated/α-hetero) is 1. The minimum absolute atomic E-state index is 0.0713. The molecule has 1 aromatic carbocycles. The standard InChI is InChI=1S/C22H31NO3/c1-16(2)15-26-18-11-9-17(10-12-18)14-22(25)23-13-5-7-20(23)19-6-3-4-8-21(19)24/h9-12,16,19-20H,3-8,13-15H2,1-2H3/t19-,20-/m0/s1. The van der Waals surface area contributed by atoms with Crippen molar-refractivity contribution in [1.29, 1.82) is 0 Å². The second kappa shape index (κ2) is 8.70. The molecule has 0 aromatic heterocycles. The van der Waals surface area contributed by atoms with Gasteiger partial charge in [-0.05, 0) is 49.3 Å². The van der Waals surface area contributed by atoms with E-state index in [0.29, 0.717) is 31.1 Å². The lowest BCUT2D eigenvalue weighted by Crippen LogP contribution is -2.44. The van der Waals surface area contributed by atoms with Gasteiger partial charge in [0.05, 0.1) is 13.0 Å². The van der Waals surface area contributed by atoms with Gasteiger partial charge in [-0.1, -0.05) is 32.4 Å². The van der Waals surface area contributed by atoms with Gasteiger partial charge >= 0.3 is 0 Å². The summed E-state index contributed by atoms with van der Waals surface area (Å²) in [6, 6.07) is 7.97. The number of ether oxygens (including phenoxy) is 1. The molecule has 1 aromatic rings. The van der Waals surface area contributed by atoms with Crippen molar-refractivity contribution in [2.45, 2.75) is 64.8 Å². The highest BCUT2D eigenvalue weighted by atomic mass is 16.5. The minimum atomic E-state index is 0.0713. The summed E-state index contributed by atoms with van der Waals surface area (Å²) in [6.07, 6.45) is 6.18. The molecule has 0 spiro atoms. The highest BCUT2D eigenvalue weighted by Gasteiger charge is 2.38. The van der Waals surface area contributed by atoms with Crippen LogP contribution in [0.15, 0.2) is 24.3 Å². The van der Waals surface area contributed by atoms with Crippen LogP contribution >= 0.6 is 0 Å². The summed E-state index contributed by atoms with van der Waals surface area (Å²) in [5.41, 5.74) is 1.01. The predicted octanol–water partition coefficient (Wildman–Crippen LogP) is 4.01. The van der Waals surface area contributed by atoms with E-state index in [1.54, 1.807) is 0 Å². The molecule has 4 nitrogen and oxygen atoms in total. The molecule has 0 radical (unpaired) electrons. The lowest BCUT2D eigenvalue weighted by molar-refractivity contribution is -0.135. The number of likely N-dealkylation sites (tertiary alicyclic amines) is 1. The van der Waals surface area contributed by atoms with Gasteiger partial charge in [0.2, 0.25) is 5.91 Å². The van der Waals surface area contributed by atoms with E-state index < -0.39 is 0 Å². The van der Waals surface area contributed by atoms with E-state index >= 15 is 0 Å². The number of benzene rings is 1. The van der Waals surface area contributed by atoms with Crippen LogP contribution in [0.3, 0.4) is 0 Å². The van der Waals surface area contributed by atoms with Gasteiger partial charge in [-0.2, -0.15) is 0 Å². The SMILES string of the molecule is CC(C)COc1ccc(CC(=O)N2CCC[C@H]2[C@@H]2CCCCC2=O)cc1. The van der Waals surface area contributed by atoms with Crippen molar-refractivity contribution in [3.63, 3.8) is 0 Å². The molecule has 2 aliphatic rings. The molecule has 2 atom stereocenters. The second-order valence-corrected chi connectivity index (χ2v) is 8.14. The Bertz CT molecular complexity index is 623. The van der Waals surface area contributed by atoms with Crippen molar-refractivity contribution < 1.29 is 14.3 Å². The quantitative estimate of drug-likeness (QED) is 0.773. The molecule has 3 rings (SSSR count). The zero-order valence-corrected chi connectivity index (χ0v) is 16.1. The molecule has 1 heterocycles. The molecule has 1 saturated carbocycles. The fraction of sp³-hybridized carbons (Fsp3) is 0.636. The van der Waals surface area contributed by atoms with Gasteiger partial charge in [-0.25, -0.2) is 0 Å². The maximum Gasteiger partial charge on any atom is 0.227 e. The van der Waals surface area contributed by atoms with Gasteiger partial charge in [0.1, 0.15) is 11.5 Å². The Morgan fingerprint density at radius 3 is 2.62 bits per heavy atom. The van der Waals surface area contributed by atoms with Gasteiger partial charge in [0, 0.05) is 24.9 Å². The van der Waals surface area contributed by atoms with E-state index in [9.17, 15) is 9.59 Å².